The summed E-state index contributed by atoms with van der Waals surface area (Å²) in [6, 6.07) is 9.19. The highest BCUT2D eigenvalue weighted by Crippen LogP contribution is 2.22. The Balaban J connectivity index is 1.96. The highest BCUT2D eigenvalue weighted by Gasteiger charge is 2.25. The minimum absolute atomic E-state index is 0.183. The maximum absolute atomic E-state index is 12.3. The number of hydrogen-bond acceptors (Lipinski definition) is 4. The first-order valence-corrected chi connectivity index (χ1v) is 6.23. The average Bonchev–Trinajstić information content (AvgIpc) is 2.45. The minimum atomic E-state index is -0.214. The van der Waals surface area contributed by atoms with Crippen LogP contribution in [-0.4, -0.2) is 16.6 Å². The first-order valence-electron chi connectivity index (χ1n) is 6.23. The maximum Gasteiger partial charge on any atom is 0.211 e. The van der Waals surface area contributed by atoms with Crippen LogP contribution in [0.1, 0.15) is 26.3 Å². The molecule has 4 nitrogen and oxygen atoms in total. The number of pyridine rings is 1. The Labute approximate surface area is 116 Å². The zero-order valence-electron chi connectivity index (χ0n) is 10.9. The minimum Gasteiger partial charge on any atom is -0.352 e. The summed E-state index contributed by atoms with van der Waals surface area (Å²) in [5.41, 5.74) is 2.88. The third-order valence-corrected chi connectivity index (χ3v) is 3.15. The van der Waals surface area contributed by atoms with Gasteiger partial charge >= 0.3 is 0 Å². The van der Waals surface area contributed by atoms with E-state index in [1.54, 1.807) is 6.07 Å². The van der Waals surface area contributed by atoms with Crippen LogP contribution < -0.4 is 5.32 Å². The van der Waals surface area contributed by atoms with Crippen molar-refractivity contribution in [1.29, 1.82) is 0 Å². The smallest absolute Gasteiger partial charge is 0.211 e. The summed E-state index contributed by atoms with van der Waals surface area (Å²) in [6.07, 6.45) is 4.28. The molecule has 0 amide bonds. The Morgan fingerprint density at radius 1 is 1.10 bits per heavy atom. The number of fused-ring (bicyclic) bond motifs is 1. The van der Waals surface area contributed by atoms with E-state index in [0.29, 0.717) is 11.1 Å². The van der Waals surface area contributed by atoms with Gasteiger partial charge in [0.15, 0.2) is 5.78 Å². The van der Waals surface area contributed by atoms with Crippen molar-refractivity contribution in [2.45, 2.75) is 6.92 Å². The molecular formula is C16H12N2O2. The molecule has 0 saturated carbocycles. The molecule has 1 N–H and O–H groups in total. The van der Waals surface area contributed by atoms with Crippen molar-refractivity contribution >= 4 is 17.3 Å². The molecule has 1 aromatic heterocycles. The normalized spacial score (nSPS) is 13.8. The Kier molecular flexibility index (Phi) is 2.91. The van der Waals surface area contributed by atoms with Crippen LogP contribution in [0.15, 0.2) is 54.5 Å². The molecule has 4 heteroatoms. The van der Waals surface area contributed by atoms with Crippen molar-refractivity contribution in [3.63, 3.8) is 0 Å². The number of anilines is 1. The van der Waals surface area contributed by atoms with Gasteiger partial charge in [-0.05, 0) is 30.7 Å². The van der Waals surface area contributed by atoms with Gasteiger partial charge in [0.1, 0.15) is 0 Å². The van der Waals surface area contributed by atoms with Gasteiger partial charge in [0, 0.05) is 29.7 Å². The van der Waals surface area contributed by atoms with Crippen LogP contribution in [0.3, 0.4) is 0 Å². The molecule has 0 unspecified atom stereocenters. The van der Waals surface area contributed by atoms with Crippen molar-refractivity contribution in [3.05, 3.63) is 71.2 Å². The summed E-state index contributed by atoms with van der Waals surface area (Å²) in [7, 11) is 0. The van der Waals surface area contributed by atoms with E-state index in [0.717, 1.165) is 11.3 Å². The Morgan fingerprint density at radius 3 is 2.75 bits per heavy atom. The molecule has 1 aromatic carbocycles. The van der Waals surface area contributed by atoms with Crippen LogP contribution in [0, 0.1) is 6.92 Å². The predicted molar refractivity (Wildman–Crippen MR) is 75.8 cm³/mol. The van der Waals surface area contributed by atoms with Gasteiger partial charge in [-0.15, -0.1) is 0 Å². The number of Topliss-reactive ketones (excluding diaryl/α,β-unsaturated/α-hetero) is 1. The van der Waals surface area contributed by atoms with E-state index in [1.807, 2.05) is 31.2 Å². The van der Waals surface area contributed by atoms with Crippen LogP contribution in [-0.2, 0) is 0 Å². The summed E-state index contributed by atoms with van der Waals surface area (Å²) in [6.45, 7) is 1.96. The average molecular weight is 264 g/mol. The van der Waals surface area contributed by atoms with Gasteiger partial charge in [0.25, 0.3) is 0 Å². The number of aromatic nitrogens is 1. The fraction of sp³-hybridized carbons (Fsp3) is 0.0625. The van der Waals surface area contributed by atoms with Gasteiger partial charge in [-0.1, -0.05) is 12.1 Å². The zero-order valence-corrected chi connectivity index (χ0v) is 10.9. The van der Waals surface area contributed by atoms with Crippen LogP contribution in [0.5, 0.6) is 0 Å². The molecule has 0 radical (unpaired) electrons. The molecule has 0 saturated heterocycles. The number of benzene rings is 1. The number of carbonyl (C=O) groups is 2. The highest BCUT2D eigenvalue weighted by atomic mass is 16.1. The molecule has 0 bridgehead atoms. The van der Waals surface area contributed by atoms with E-state index in [2.05, 4.69) is 10.3 Å². The van der Waals surface area contributed by atoms with Crippen LogP contribution >= 0.6 is 0 Å². The summed E-state index contributed by atoms with van der Waals surface area (Å²) >= 11 is 0. The zero-order chi connectivity index (χ0) is 14.1. The molecule has 0 atom stereocenters. The molecule has 2 aromatic rings. The van der Waals surface area contributed by atoms with E-state index in [1.165, 1.54) is 18.5 Å². The summed E-state index contributed by atoms with van der Waals surface area (Å²) in [4.78, 5) is 28.2. The summed E-state index contributed by atoms with van der Waals surface area (Å²) in [5, 5.41) is 3.01. The van der Waals surface area contributed by atoms with Crippen molar-refractivity contribution in [2.24, 2.45) is 0 Å². The van der Waals surface area contributed by atoms with E-state index in [9.17, 15) is 9.59 Å². The lowest BCUT2D eigenvalue weighted by molar-refractivity contribution is 0.0985. The molecule has 3 rings (SSSR count). The first-order chi connectivity index (χ1) is 9.65. The van der Waals surface area contributed by atoms with Crippen LogP contribution in [0.4, 0.5) is 5.69 Å². The predicted octanol–water partition coefficient (Wildman–Crippen LogP) is 2.77. The van der Waals surface area contributed by atoms with E-state index >= 15 is 0 Å². The SMILES string of the molecule is Cc1cccc(NC2=CC(=O)c3ccncc3C2=O)c1. The molecule has 1 aliphatic carbocycles. The van der Waals surface area contributed by atoms with Gasteiger partial charge in [0.05, 0.1) is 11.3 Å². The Morgan fingerprint density at radius 2 is 1.95 bits per heavy atom. The second kappa shape index (κ2) is 4.74. The lowest BCUT2D eigenvalue weighted by Crippen LogP contribution is -2.21. The standard InChI is InChI=1S/C16H12N2O2/c1-10-3-2-4-11(7-10)18-14-8-15(19)12-5-6-17-9-13(12)16(14)20/h2-9,18H,1H3. The molecular weight excluding hydrogens is 252 g/mol. The van der Waals surface area contributed by atoms with Gasteiger partial charge in [0.2, 0.25) is 5.78 Å². The molecule has 20 heavy (non-hydrogen) atoms. The lowest BCUT2D eigenvalue weighted by Gasteiger charge is -2.16. The van der Waals surface area contributed by atoms with Crippen LogP contribution in [0.25, 0.3) is 0 Å². The summed E-state index contributed by atoms with van der Waals surface area (Å²) < 4.78 is 0. The van der Waals surface area contributed by atoms with E-state index < -0.39 is 0 Å². The fourth-order valence-corrected chi connectivity index (χ4v) is 2.18. The topological polar surface area (TPSA) is 59.1 Å². The second-order valence-electron chi connectivity index (χ2n) is 4.67. The molecule has 0 spiro atoms. The maximum atomic E-state index is 12.3. The summed E-state index contributed by atoms with van der Waals surface area (Å²) in [5.74, 6) is -0.397. The number of nitrogens with zero attached hydrogens (tertiary/aromatic N) is 1. The van der Waals surface area contributed by atoms with E-state index in [-0.39, 0.29) is 17.3 Å². The van der Waals surface area contributed by atoms with Gasteiger partial charge < -0.3 is 5.32 Å². The second-order valence-corrected chi connectivity index (χ2v) is 4.67. The Hall–Kier alpha value is -2.75. The quantitative estimate of drug-likeness (QED) is 0.906. The monoisotopic (exact) mass is 264 g/mol. The lowest BCUT2D eigenvalue weighted by atomic mass is 9.94. The van der Waals surface area contributed by atoms with Crippen LogP contribution in [0.2, 0.25) is 0 Å². The van der Waals surface area contributed by atoms with Gasteiger partial charge in [-0.2, -0.15) is 0 Å². The third-order valence-electron chi connectivity index (χ3n) is 3.15. The van der Waals surface area contributed by atoms with Crippen molar-refractivity contribution < 1.29 is 9.59 Å². The molecule has 0 fully saturated rings. The number of aryl methyl sites for hydroxylation is 1. The molecule has 1 aliphatic rings. The fourth-order valence-electron chi connectivity index (χ4n) is 2.18. The largest absolute Gasteiger partial charge is 0.352 e. The van der Waals surface area contributed by atoms with E-state index in [4.69, 9.17) is 0 Å². The number of carbonyl (C=O) groups excluding carboxylic acids is 2. The number of hydrogen-bond donors (Lipinski definition) is 1. The third kappa shape index (κ3) is 2.12. The number of allylic oxidation sites excluding steroid dienone is 2. The number of ketones is 2. The Bertz CT molecular complexity index is 748. The molecule has 98 valence electrons. The van der Waals surface area contributed by atoms with Gasteiger partial charge in [-0.3, -0.25) is 14.6 Å². The molecule has 0 aliphatic heterocycles. The number of nitrogens with one attached hydrogen (secondary N) is 1. The first kappa shape index (κ1) is 12.3. The van der Waals surface area contributed by atoms with Gasteiger partial charge in [-0.25, -0.2) is 0 Å². The molecule has 1 heterocycles. The number of rotatable bonds is 2. The van der Waals surface area contributed by atoms with Crippen molar-refractivity contribution in [2.75, 3.05) is 5.32 Å². The van der Waals surface area contributed by atoms with Crippen molar-refractivity contribution in [1.82, 2.24) is 4.98 Å². The van der Waals surface area contributed by atoms with Crippen molar-refractivity contribution in [3.8, 4) is 0 Å². The highest BCUT2D eigenvalue weighted by molar-refractivity contribution is 6.25.